The lowest BCUT2D eigenvalue weighted by Crippen LogP contribution is -2.44. The van der Waals surface area contributed by atoms with Crippen LogP contribution in [-0.4, -0.2) is 25.5 Å². The number of carboxylic acid groups (broad SMARTS) is 1. The van der Waals surface area contributed by atoms with Crippen molar-refractivity contribution in [1.82, 2.24) is 4.72 Å². The number of carboxylic acids is 1. The van der Waals surface area contributed by atoms with Gasteiger partial charge in [-0.2, -0.15) is 9.98 Å². The number of benzene rings is 1. The van der Waals surface area contributed by atoms with Gasteiger partial charge in [0.15, 0.2) is 0 Å². The van der Waals surface area contributed by atoms with Gasteiger partial charge in [0.2, 0.25) is 10.0 Å². The molecule has 0 bridgehead atoms. The van der Waals surface area contributed by atoms with E-state index in [0.717, 1.165) is 0 Å². The van der Waals surface area contributed by atoms with E-state index in [1.165, 1.54) is 18.2 Å². The molecular weight excluding hydrogens is 304 g/mol. The Morgan fingerprint density at radius 1 is 1.45 bits per heavy atom. The number of halogens is 1. The summed E-state index contributed by atoms with van der Waals surface area (Å²) in [5.41, 5.74) is 0.215. The summed E-state index contributed by atoms with van der Waals surface area (Å²) in [5, 5.41) is 17.6. The van der Waals surface area contributed by atoms with Gasteiger partial charge in [-0.1, -0.05) is 25.4 Å². The second kappa shape index (κ2) is 6.22. The van der Waals surface area contributed by atoms with Crippen LogP contribution in [0.15, 0.2) is 23.1 Å². The average Bonchev–Trinajstić information content (AvgIpc) is 2.34. The van der Waals surface area contributed by atoms with Gasteiger partial charge >= 0.3 is 5.97 Å². The van der Waals surface area contributed by atoms with Gasteiger partial charge in [-0.25, -0.2) is 8.42 Å². The third-order valence-corrected chi connectivity index (χ3v) is 4.49. The maximum absolute atomic E-state index is 12.1. The fourth-order valence-electron chi connectivity index (χ4n) is 1.49. The number of nitriles is 1. The zero-order chi connectivity index (χ0) is 15.5. The molecule has 0 amide bonds. The first-order valence-electron chi connectivity index (χ1n) is 5.64. The fourth-order valence-corrected chi connectivity index (χ4v) is 3.37. The first-order valence-corrected chi connectivity index (χ1v) is 7.50. The average molecular weight is 317 g/mol. The van der Waals surface area contributed by atoms with Crippen LogP contribution >= 0.6 is 11.6 Å². The third-order valence-electron chi connectivity index (χ3n) is 2.57. The Bertz CT molecular complexity index is 665. The Balaban J connectivity index is 3.18. The molecular formula is C12H13ClN2O4S. The Morgan fingerprint density at radius 2 is 2.05 bits per heavy atom. The molecule has 0 saturated carbocycles. The minimum Gasteiger partial charge on any atom is -0.480 e. The predicted molar refractivity (Wildman–Crippen MR) is 72.8 cm³/mol. The van der Waals surface area contributed by atoms with Crippen LogP contribution in [0.1, 0.15) is 19.4 Å². The zero-order valence-electron chi connectivity index (χ0n) is 10.8. The van der Waals surface area contributed by atoms with Crippen LogP contribution in [0.3, 0.4) is 0 Å². The summed E-state index contributed by atoms with van der Waals surface area (Å²) >= 11 is 5.82. The monoisotopic (exact) mass is 316 g/mol. The molecule has 6 nitrogen and oxygen atoms in total. The SMILES string of the molecule is CC(C)[C@H](NS(=O)(=O)c1ccc(C#N)cc1Cl)C(=O)O. The lowest BCUT2D eigenvalue weighted by molar-refractivity contribution is -0.140. The van der Waals surface area contributed by atoms with Gasteiger partial charge in [0.25, 0.3) is 0 Å². The van der Waals surface area contributed by atoms with E-state index in [1.807, 2.05) is 6.07 Å². The smallest absolute Gasteiger partial charge is 0.322 e. The molecule has 0 aromatic heterocycles. The molecule has 0 saturated heterocycles. The molecule has 1 rings (SSSR count). The molecule has 0 aliphatic heterocycles. The van der Waals surface area contributed by atoms with Gasteiger partial charge in [0.05, 0.1) is 16.7 Å². The highest BCUT2D eigenvalue weighted by Crippen LogP contribution is 2.23. The van der Waals surface area contributed by atoms with E-state index in [0.29, 0.717) is 0 Å². The van der Waals surface area contributed by atoms with E-state index in [-0.39, 0.29) is 15.5 Å². The van der Waals surface area contributed by atoms with E-state index < -0.39 is 28.0 Å². The zero-order valence-corrected chi connectivity index (χ0v) is 12.4. The van der Waals surface area contributed by atoms with E-state index in [2.05, 4.69) is 4.72 Å². The Morgan fingerprint density at radius 3 is 2.45 bits per heavy atom. The lowest BCUT2D eigenvalue weighted by Gasteiger charge is -2.18. The highest BCUT2D eigenvalue weighted by atomic mass is 35.5. The molecule has 0 spiro atoms. The summed E-state index contributed by atoms with van der Waals surface area (Å²) in [6, 6.07) is 4.25. The fraction of sp³-hybridized carbons (Fsp3) is 0.333. The summed E-state index contributed by atoms with van der Waals surface area (Å²) in [6.45, 7) is 3.17. The van der Waals surface area contributed by atoms with Crippen LogP contribution in [0.4, 0.5) is 0 Å². The largest absolute Gasteiger partial charge is 0.480 e. The van der Waals surface area contributed by atoms with Gasteiger partial charge in [0.1, 0.15) is 10.9 Å². The van der Waals surface area contributed by atoms with Crippen molar-refractivity contribution in [1.29, 1.82) is 5.26 Å². The summed E-state index contributed by atoms with van der Waals surface area (Å²) in [7, 11) is -4.08. The molecule has 0 radical (unpaired) electrons. The normalized spacial score (nSPS) is 12.9. The molecule has 0 unspecified atom stereocenters. The van der Waals surface area contributed by atoms with Crippen LogP contribution in [0, 0.1) is 17.2 Å². The van der Waals surface area contributed by atoms with E-state index >= 15 is 0 Å². The maximum Gasteiger partial charge on any atom is 0.322 e. The second-order valence-corrected chi connectivity index (χ2v) is 6.53. The summed E-state index contributed by atoms with van der Waals surface area (Å²) in [5.74, 6) is -1.70. The predicted octanol–water partition coefficient (Wildman–Crippen LogP) is 1.60. The van der Waals surface area contributed by atoms with Gasteiger partial charge in [-0.15, -0.1) is 0 Å². The van der Waals surface area contributed by atoms with Crippen molar-refractivity contribution in [3.8, 4) is 6.07 Å². The number of nitrogens with one attached hydrogen (secondary N) is 1. The maximum atomic E-state index is 12.1. The molecule has 1 aromatic carbocycles. The van der Waals surface area contributed by atoms with Crippen LogP contribution in [0.2, 0.25) is 5.02 Å². The van der Waals surface area contributed by atoms with Crippen molar-refractivity contribution in [2.45, 2.75) is 24.8 Å². The van der Waals surface area contributed by atoms with Crippen molar-refractivity contribution in [2.75, 3.05) is 0 Å². The molecule has 0 aliphatic rings. The second-order valence-electron chi connectivity index (χ2n) is 4.44. The number of carbonyl (C=O) groups is 1. The lowest BCUT2D eigenvalue weighted by atomic mass is 10.1. The Labute approximate surface area is 122 Å². The van der Waals surface area contributed by atoms with Crippen molar-refractivity contribution >= 4 is 27.6 Å². The van der Waals surface area contributed by atoms with Gasteiger partial charge < -0.3 is 5.11 Å². The van der Waals surface area contributed by atoms with E-state index in [1.54, 1.807) is 13.8 Å². The Hall–Kier alpha value is -1.62. The molecule has 2 N–H and O–H groups in total. The van der Waals surface area contributed by atoms with Crippen LogP contribution < -0.4 is 4.72 Å². The number of nitrogens with zero attached hydrogens (tertiary/aromatic N) is 1. The summed E-state index contributed by atoms with van der Waals surface area (Å²) < 4.78 is 26.4. The van der Waals surface area contributed by atoms with Crippen LogP contribution in [-0.2, 0) is 14.8 Å². The number of hydrogen-bond acceptors (Lipinski definition) is 4. The van der Waals surface area contributed by atoms with Gasteiger partial charge in [-0.3, -0.25) is 4.79 Å². The Kier molecular flexibility index (Phi) is 5.11. The van der Waals surface area contributed by atoms with Gasteiger partial charge in [-0.05, 0) is 24.1 Å². The molecule has 1 atom stereocenters. The number of hydrogen-bond donors (Lipinski definition) is 2. The van der Waals surface area contributed by atoms with Crippen molar-refractivity contribution < 1.29 is 18.3 Å². The van der Waals surface area contributed by atoms with Crippen LogP contribution in [0.5, 0.6) is 0 Å². The van der Waals surface area contributed by atoms with E-state index in [9.17, 15) is 13.2 Å². The first kappa shape index (κ1) is 16.4. The third kappa shape index (κ3) is 3.70. The van der Waals surface area contributed by atoms with Crippen molar-refractivity contribution in [3.05, 3.63) is 28.8 Å². The number of aliphatic carboxylic acids is 1. The first-order chi connectivity index (χ1) is 9.19. The quantitative estimate of drug-likeness (QED) is 0.858. The highest BCUT2D eigenvalue weighted by Gasteiger charge is 2.29. The van der Waals surface area contributed by atoms with Gasteiger partial charge in [0, 0.05) is 0 Å². The molecule has 20 heavy (non-hydrogen) atoms. The highest BCUT2D eigenvalue weighted by molar-refractivity contribution is 7.89. The molecule has 0 aliphatic carbocycles. The molecule has 0 fully saturated rings. The summed E-state index contributed by atoms with van der Waals surface area (Å²) in [6.07, 6.45) is 0. The molecule has 108 valence electrons. The standard InChI is InChI=1S/C12H13ClN2O4S/c1-7(2)11(12(16)17)15-20(18,19)10-4-3-8(6-14)5-9(10)13/h3-5,7,11,15H,1-2H3,(H,16,17)/t11-/m0/s1. The number of sulfonamides is 1. The van der Waals surface area contributed by atoms with Crippen molar-refractivity contribution in [2.24, 2.45) is 5.92 Å². The van der Waals surface area contributed by atoms with Crippen molar-refractivity contribution in [3.63, 3.8) is 0 Å². The molecule has 8 heteroatoms. The number of rotatable bonds is 5. The van der Waals surface area contributed by atoms with Crippen LogP contribution in [0.25, 0.3) is 0 Å². The molecule has 1 aromatic rings. The minimum atomic E-state index is -4.08. The minimum absolute atomic E-state index is 0.135. The topological polar surface area (TPSA) is 107 Å². The molecule has 0 heterocycles. The van der Waals surface area contributed by atoms with E-state index in [4.69, 9.17) is 22.0 Å². The summed E-state index contributed by atoms with van der Waals surface area (Å²) in [4.78, 5) is 10.8.